The number of para-hydroxylation sites is 1. The normalized spacial score (nSPS) is 11.6. The molecule has 3 N–H and O–H groups in total. The van der Waals surface area contributed by atoms with E-state index in [1.807, 2.05) is 48.1 Å². The van der Waals surface area contributed by atoms with Crippen LogP contribution >= 0.6 is 11.3 Å². The van der Waals surface area contributed by atoms with Crippen LogP contribution in [0.1, 0.15) is 11.3 Å². The monoisotopic (exact) mass is 349 g/mol. The van der Waals surface area contributed by atoms with E-state index in [1.54, 1.807) is 0 Å². The number of primary sulfonamides is 1. The maximum absolute atomic E-state index is 11.3. The number of hydrogen-bond donors (Lipinski definition) is 2. The number of rotatable bonds is 5. The average molecular weight is 349 g/mol. The van der Waals surface area contributed by atoms with Crippen molar-refractivity contribution in [3.8, 4) is 5.69 Å². The Morgan fingerprint density at radius 3 is 2.74 bits per heavy atom. The Labute approximate surface area is 137 Å². The summed E-state index contributed by atoms with van der Waals surface area (Å²) in [6.45, 7) is 2.42. The number of thiazole rings is 1. The highest BCUT2D eigenvalue weighted by Crippen LogP contribution is 2.23. The highest BCUT2D eigenvalue weighted by atomic mass is 32.2. The molecule has 0 bridgehead atoms. The van der Waals surface area contributed by atoms with Crippen molar-refractivity contribution in [2.75, 3.05) is 5.32 Å². The average Bonchev–Trinajstić information content (AvgIpc) is 3.14. The molecule has 7 nitrogen and oxygen atoms in total. The van der Waals surface area contributed by atoms with E-state index < -0.39 is 10.0 Å². The van der Waals surface area contributed by atoms with Crippen LogP contribution < -0.4 is 10.5 Å². The molecule has 0 aliphatic rings. The molecule has 1 aromatic carbocycles. The third kappa shape index (κ3) is 3.58. The van der Waals surface area contributed by atoms with Gasteiger partial charge in [-0.05, 0) is 24.6 Å². The quantitative estimate of drug-likeness (QED) is 0.732. The number of nitrogens with one attached hydrogen (secondary N) is 1. The Morgan fingerprint density at radius 1 is 1.30 bits per heavy atom. The standard InChI is InChI=1S/C14H15N5O2S2/c1-10-6-7-19(18-10)12-5-3-2-4-11(12)8-16-14-17-9-13(22-14)23(15,20)21/h2-7,9H,8H2,1H3,(H,16,17)(H2,15,20,21). The summed E-state index contributed by atoms with van der Waals surface area (Å²) in [5, 5.41) is 13.1. The van der Waals surface area contributed by atoms with Crippen molar-refractivity contribution in [3.05, 3.63) is 54.0 Å². The molecule has 0 atom stereocenters. The van der Waals surface area contributed by atoms with Crippen LogP contribution in [0.4, 0.5) is 5.13 Å². The molecule has 0 aliphatic carbocycles. The summed E-state index contributed by atoms with van der Waals surface area (Å²) < 4.78 is 24.4. The maximum atomic E-state index is 11.3. The van der Waals surface area contributed by atoms with Gasteiger partial charge in [-0.2, -0.15) is 5.10 Å². The second kappa shape index (κ2) is 6.11. The molecule has 3 rings (SSSR count). The minimum Gasteiger partial charge on any atom is -0.357 e. The molecule has 120 valence electrons. The second-order valence-electron chi connectivity index (χ2n) is 4.91. The third-order valence-corrected chi connectivity index (χ3v) is 5.52. The summed E-state index contributed by atoms with van der Waals surface area (Å²) in [5.74, 6) is 0. The van der Waals surface area contributed by atoms with Gasteiger partial charge in [0.25, 0.3) is 0 Å². The van der Waals surface area contributed by atoms with E-state index in [2.05, 4.69) is 15.4 Å². The Morgan fingerprint density at radius 2 is 2.09 bits per heavy atom. The van der Waals surface area contributed by atoms with Gasteiger partial charge in [0.2, 0.25) is 10.0 Å². The lowest BCUT2D eigenvalue weighted by molar-refractivity contribution is 0.599. The molecule has 3 aromatic rings. The molecule has 0 amide bonds. The highest BCUT2D eigenvalue weighted by molar-refractivity contribution is 7.91. The van der Waals surface area contributed by atoms with Crippen LogP contribution in [0.25, 0.3) is 5.69 Å². The fourth-order valence-corrected chi connectivity index (χ4v) is 3.52. The zero-order valence-corrected chi connectivity index (χ0v) is 13.9. The topological polar surface area (TPSA) is 103 Å². The number of aromatic nitrogens is 3. The summed E-state index contributed by atoms with van der Waals surface area (Å²) in [4.78, 5) is 4.03. The first-order chi connectivity index (χ1) is 10.9. The van der Waals surface area contributed by atoms with Gasteiger partial charge in [-0.25, -0.2) is 23.2 Å². The Bertz CT molecular complexity index is 930. The number of sulfonamides is 1. The molecular formula is C14H15N5O2S2. The third-order valence-electron chi connectivity index (χ3n) is 3.16. The minimum atomic E-state index is -3.71. The van der Waals surface area contributed by atoms with Crippen LogP contribution in [-0.2, 0) is 16.6 Å². The fraction of sp³-hybridized carbons (Fsp3) is 0.143. The largest absolute Gasteiger partial charge is 0.357 e. The van der Waals surface area contributed by atoms with Gasteiger partial charge in [0.15, 0.2) is 9.34 Å². The Balaban J connectivity index is 1.80. The number of benzene rings is 1. The van der Waals surface area contributed by atoms with Gasteiger partial charge >= 0.3 is 0 Å². The molecule has 9 heteroatoms. The van der Waals surface area contributed by atoms with Crippen LogP contribution in [0.2, 0.25) is 0 Å². The predicted molar refractivity (Wildman–Crippen MR) is 89.1 cm³/mol. The van der Waals surface area contributed by atoms with Crippen LogP contribution in [0.5, 0.6) is 0 Å². The van der Waals surface area contributed by atoms with Crippen molar-refractivity contribution in [2.24, 2.45) is 5.14 Å². The second-order valence-corrected chi connectivity index (χ2v) is 7.73. The molecule has 0 fully saturated rings. The summed E-state index contributed by atoms with van der Waals surface area (Å²) in [7, 11) is -3.71. The van der Waals surface area contributed by atoms with Gasteiger partial charge in [-0.3, -0.25) is 0 Å². The molecule has 0 saturated carbocycles. The number of aryl methyl sites for hydroxylation is 1. The van der Waals surface area contributed by atoms with E-state index in [-0.39, 0.29) is 4.21 Å². The maximum Gasteiger partial charge on any atom is 0.249 e. The van der Waals surface area contributed by atoms with Gasteiger partial charge in [0, 0.05) is 12.7 Å². The summed E-state index contributed by atoms with van der Waals surface area (Å²) >= 11 is 1.01. The summed E-state index contributed by atoms with van der Waals surface area (Å²) in [6.07, 6.45) is 3.15. The molecule has 2 heterocycles. The molecule has 0 aliphatic heterocycles. The van der Waals surface area contributed by atoms with E-state index in [9.17, 15) is 8.42 Å². The van der Waals surface area contributed by atoms with Crippen LogP contribution in [0.3, 0.4) is 0 Å². The first-order valence-electron chi connectivity index (χ1n) is 6.76. The van der Waals surface area contributed by atoms with E-state index in [1.165, 1.54) is 6.20 Å². The zero-order valence-electron chi connectivity index (χ0n) is 12.3. The van der Waals surface area contributed by atoms with Gasteiger partial charge in [0.1, 0.15) is 0 Å². The fourth-order valence-electron chi connectivity index (χ4n) is 2.08. The van der Waals surface area contributed by atoms with E-state index in [0.717, 1.165) is 28.3 Å². The van der Waals surface area contributed by atoms with E-state index in [4.69, 9.17) is 5.14 Å². The van der Waals surface area contributed by atoms with Crippen molar-refractivity contribution in [3.63, 3.8) is 0 Å². The molecule has 23 heavy (non-hydrogen) atoms. The first kappa shape index (κ1) is 15.7. The van der Waals surface area contributed by atoms with Crippen LogP contribution in [0, 0.1) is 6.92 Å². The minimum absolute atomic E-state index is 0.0380. The van der Waals surface area contributed by atoms with Crippen molar-refractivity contribution in [2.45, 2.75) is 17.7 Å². The molecule has 0 unspecified atom stereocenters. The lowest BCUT2D eigenvalue weighted by Gasteiger charge is -2.10. The lowest BCUT2D eigenvalue weighted by Crippen LogP contribution is -2.09. The number of anilines is 1. The van der Waals surface area contributed by atoms with Gasteiger partial charge in [-0.1, -0.05) is 29.5 Å². The zero-order chi connectivity index (χ0) is 16.4. The van der Waals surface area contributed by atoms with Crippen molar-refractivity contribution in [1.82, 2.24) is 14.8 Å². The van der Waals surface area contributed by atoms with Crippen molar-refractivity contribution >= 4 is 26.5 Å². The Hall–Kier alpha value is -2.23. The first-order valence-corrected chi connectivity index (χ1v) is 9.13. The van der Waals surface area contributed by atoms with Crippen molar-refractivity contribution < 1.29 is 8.42 Å². The van der Waals surface area contributed by atoms with Gasteiger partial charge in [0.05, 0.1) is 17.6 Å². The highest BCUT2D eigenvalue weighted by Gasteiger charge is 2.13. The molecule has 2 aromatic heterocycles. The Kier molecular flexibility index (Phi) is 4.16. The van der Waals surface area contributed by atoms with Crippen LogP contribution in [-0.4, -0.2) is 23.2 Å². The van der Waals surface area contributed by atoms with Crippen LogP contribution in [0.15, 0.2) is 46.9 Å². The molecule has 0 spiro atoms. The summed E-state index contributed by atoms with van der Waals surface area (Å²) in [5.41, 5.74) is 2.91. The number of nitrogens with zero attached hydrogens (tertiary/aromatic N) is 3. The van der Waals surface area contributed by atoms with E-state index >= 15 is 0 Å². The SMILES string of the molecule is Cc1ccn(-c2ccccc2CNc2ncc(S(N)(=O)=O)s2)n1. The lowest BCUT2D eigenvalue weighted by atomic mass is 10.2. The van der Waals surface area contributed by atoms with Crippen molar-refractivity contribution in [1.29, 1.82) is 0 Å². The molecule has 0 radical (unpaired) electrons. The molecular weight excluding hydrogens is 334 g/mol. The predicted octanol–water partition coefficient (Wildman–Crippen LogP) is 1.90. The molecule has 0 saturated heterocycles. The smallest absolute Gasteiger partial charge is 0.249 e. The summed E-state index contributed by atoms with van der Waals surface area (Å²) in [6, 6.07) is 9.77. The number of hydrogen-bond acceptors (Lipinski definition) is 6. The van der Waals surface area contributed by atoms with Gasteiger partial charge in [-0.15, -0.1) is 0 Å². The van der Waals surface area contributed by atoms with E-state index in [0.29, 0.717) is 11.7 Å². The van der Waals surface area contributed by atoms with Gasteiger partial charge < -0.3 is 5.32 Å². The number of nitrogens with two attached hydrogens (primary N) is 1.